The molecule has 0 fully saturated rings. The highest BCUT2D eigenvalue weighted by Crippen LogP contribution is 2.08. The molecule has 0 radical (unpaired) electrons. The third-order valence-electron chi connectivity index (χ3n) is 2.01. The van der Waals surface area contributed by atoms with Crippen molar-refractivity contribution < 1.29 is 0 Å². The van der Waals surface area contributed by atoms with E-state index in [-0.39, 0.29) is 0 Å². The minimum absolute atomic E-state index is 0.573. The Morgan fingerprint density at radius 3 is 2.88 bits per heavy atom. The van der Waals surface area contributed by atoms with E-state index in [2.05, 4.69) is 25.7 Å². The Kier molecular flexibility index (Phi) is 3.25. The summed E-state index contributed by atoms with van der Waals surface area (Å²) in [6.45, 7) is 0.662. The first-order chi connectivity index (χ1) is 7.88. The van der Waals surface area contributed by atoms with Crippen LogP contribution in [0.25, 0.3) is 0 Å². The topological polar surface area (TPSA) is 88.8 Å². The summed E-state index contributed by atoms with van der Waals surface area (Å²) >= 11 is 0. The second-order valence-corrected chi connectivity index (χ2v) is 3.15. The standard InChI is InChI=1S/C10H12N6/c11-16-10-4-9(14-7-15-10)13-6-8-2-1-3-12-5-8/h1-5,7H,6,11H2,(H2,13,14,15,16). The van der Waals surface area contributed by atoms with E-state index in [1.165, 1.54) is 6.33 Å². The van der Waals surface area contributed by atoms with Crippen molar-refractivity contribution >= 4 is 11.6 Å². The molecule has 6 heteroatoms. The van der Waals surface area contributed by atoms with Crippen molar-refractivity contribution in [3.63, 3.8) is 0 Å². The summed E-state index contributed by atoms with van der Waals surface area (Å²) in [7, 11) is 0. The van der Waals surface area contributed by atoms with E-state index in [0.717, 1.165) is 5.56 Å². The maximum atomic E-state index is 5.25. The minimum Gasteiger partial charge on any atom is -0.366 e. The van der Waals surface area contributed by atoms with E-state index in [1.807, 2.05) is 12.1 Å². The van der Waals surface area contributed by atoms with Gasteiger partial charge in [0.15, 0.2) is 0 Å². The van der Waals surface area contributed by atoms with E-state index in [9.17, 15) is 0 Å². The van der Waals surface area contributed by atoms with Crippen LogP contribution in [0.4, 0.5) is 11.6 Å². The number of hydrazine groups is 1. The lowest BCUT2D eigenvalue weighted by Gasteiger charge is -2.06. The fourth-order valence-corrected chi connectivity index (χ4v) is 1.23. The third-order valence-corrected chi connectivity index (χ3v) is 2.01. The predicted molar refractivity (Wildman–Crippen MR) is 61.4 cm³/mol. The van der Waals surface area contributed by atoms with Crippen LogP contribution in [-0.2, 0) is 6.54 Å². The van der Waals surface area contributed by atoms with Gasteiger partial charge in [-0.1, -0.05) is 6.07 Å². The first-order valence-electron chi connectivity index (χ1n) is 4.80. The van der Waals surface area contributed by atoms with Gasteiger partial charge in [0, 0.05) is 25.0 Å². The molecule has 2 heterocycles. The van der Waals surface area contributed by atoms with Crippen LogP contribution < -0.4 is 16.6 Å². The highest BCUT2D eigenvalue weighted by Gasteiger charge is 1.97. The van der Waals surface area contributed by atoms with Gasteiger partial charge < -0.3 is 10.7 Å². The largest absolute Gasteiger partial charge is 0.366 e. The molecule has 0 aliphatic heterocycles. The van der Waals surface area contributed by atoms with Crippen LogP contribution in [0.5, 0.6) is 0 Å². The van der Waals surface area contributed by atoms with Crippen molar-refractivity contribution in [3.8, 4) is 0 Å². The summed E-state index contributed by atoms with van der Waals surface area (Å²) in [5.74, 6) is 6.54. The summed E-state index contributed by atoms with van der Waals surface area (Å²) in [5.41, 5.74) is 3.55. The molecule has 6 nitrogen and oxygen atoms in total. The lowest BCUT2D eigenvalue weighted by Crippen LogP contribution is -2.10. The minimum atomic E-state index is 0.573. The van der Waals surface area contributed by atoms with Gasteiger partial charge in [-0.3, -0.25) is 4.98 Å². The molecule has 0 saturated heterocycles. The Bertz CT molecular complexity index is 444. The molecule has 82 valence electrons. The average molecular weight is 216 g/mol. The number of nitrogens with two attached hydrogens (primary N) is 1. The molecule has 0 saturated carbocycles. The van der Waals surface area contributed by atoms with Crippen molar-refractivity contribution in [2.24, 2.45) is 5.84 Å². The molecular formula is C10H12N6. The van der Waals surface area contributed by atoms with Crippen LogP contribution in [0.1, 0.15) is 5.56 Å². The molecule has 2 rings (SSSR count). The van der Waals surface area contributed by atoms with Crippen molar-refractivity contribution in [2.75, 3.05) is 10.7 Å². The fraction of sp³-hybridized carbons (Fsp3) is 0.100. The summed E-state index contributed by atoms with van der Waals surface area (Å²) < 4.78 is 0. The Hall–Kier alpha value is -2.21. The van der Waals surface area contributed by atoms with E-state index >= 15 is 0 Å². The zero-order valence-electron chi connectivity index (χ0n) is 8.59. The van der Waals surface area contributed by atoms with Crippen LogP contribution in [0.3, 0.4) is 0 Å². The van der Waals surface area contributed by atoms with Gasteiger partial charge in [0.25, 0.3) is 0 Å². The number of anilines is 2. The summed E-state index contributed by atoms with van der Waals surface area (Å²) in [6.07, 6.45) is 4.99. The van der Waals surface area contributed by atoms with E-state index < -0.39 is 0 Å². The van der Waals surface area contributed by atoms with Crippen molar-refractivity contribution in [1.29, 1.82) is 0 Å². The van der Waals surface area contributed by atoms with Crippen molar-refractivity contribution in [1.82, 2.24) is 15.0 Å². The highest BCUT2D eigenvalue weighted by atomic mass is 15.3. The van der Waals surface area contributed by atoms with Crippen molar-refractivity contribution in [2.45, 2.75) is 6.54 Å². The van der Waals surface area contributed by atoms with Crippen molar-refractivity contribution in [3.05, 3.63) is 42.5 Å². The van der Waals surface area contributed by atoms with Gasteiger partial charge in [0.1, 0.15) is 18.0 Å². The van der Waals surface area contributed by atoms with Crippen LogP contribution >= 0.6 is 0 Å². The van der Waals surface area contributed by atoms with E-state index in [4.69, 9.17) is 5.84 Å². The van der Waals surface area contributed by atoms with E-state index in [0.29, 0.717) is 18.2 Å². The monoisotopic (exact) mass is 216 g/mol. The Morgan fingerprint density at radius 1 is 1.25 bits per heavy atom. The second kappa shape index (κ2) is 5.04. The van der Waals surface area contributed by atoms with Crippen LogP contribution in [-0.4, -0.2) is 15.0 Å². The van der Waals surface area contributed by atoms with Gasteiger partial charge in [0.2, 0.25) is 0 Å². The first kappa shape index (κ1) is 10.3. The molecule has 0 unspecified atom stereocenters. The Balaban J connectivity index is 1.99. The quantitative estimate of drug-likeness (QED) is 0.516. The average Bonchev–Trinajstić information content (AvgIpc) is 2.38. The molecule has 0 aliphatic carbocycles. The first-order valence-corrected chi connectivity index (χ1v) is 4.80. The lowest BCUT2D eigenvalue weighted by molar-refractivity contribution is 1.06. The van der Waals surface area contributed by atoms with Gasteiger partial charge >= 0.3 is 0 Å². The normalized spacial score (nSPS) is 9.81. The molecule has 0 aromatic carbocycles. The fourth-order valence-electron chi connectivity index (χ4n) is 1.23. The Morgan fingerprint density at radius 2 is 2.12 bits per heavy atom. The maximum Gasteiger partial charge on any atom is 0.145 e. The number of nitrogen functional groups attached to an aromatic ring is 1. The summed E-state index contributed by atoms with van der Waals surface area (Å²) in [5, 5.41) is 3.15. The molecular weight excluding hydrogens is 204 g/mol. The van der Waals surface area contributed by atoms with Crippen LogP contribution in [0.15, 0.2) is 36.9 Å². The number of aromatic nitrogens is 3. The molecule has 4 N–H and O–H groups in total. The Labute approximate surface area is 92.9 Å². The molecule has 0 amide bonds. The summed E-state index contributed by atoms with van der Waals surface area (Å²) in [4.78, 5) is 12.0. The van der Waals surface area contributed by atoms with Gasteiger partial charge in [-0.05, 0) is 11.6 Å². The number of hydrogen-bond donors (Lipinski definition) is 3. The van der Waals surface area contributed by atoms with Crippen LogP contribution in [0.2, 0.25) is 0 Å². The number of nitrogens with zero attached hydrogens (tertiary/aromatic N) is 3. The van der Waals surface area contributed by atoms with E-state index in [1.54, 1.807) is 18.5 Å². The summed E-state index contributed by atoms with van der Waals surface area (Å²) in [6, 6.07) is 5.61. The van der Waals surface area contributed by atoms with Gasteiger partial charge in [-0.2, -0.15) is 0 Å². The van der Waals surface area contributed by atoms with Crippen LogP contribution in [0, 0.1) is 0 Å². The molecule has 0 bridgehead atoms. The van der Waals surface area contributed by atoms with Gasteiger partial charge in [0.05, 0.1) is 0 Å². The molecule has 16 heavy (non-hydrogen) atoms. The number of nitrogens with one attached hydrogen (secondary N) is 2. The predicted octanol–water partition coefficient (Wildman–Crippen LogP) is 0.769. The lowest BCUT2D eigenvalue weighted by atomic mass is 10.3. The number of pyridine rings is 1. The SMILES string of the molecule is NNc1cc(NCc2cccnc2)ncn1. The molecule has 2 aromatic heterocycles. The maximum absolute atomic E-state index is 5.25. The number of rotatable bonds is 4. The third kappa shape index (κ3) is 2.64. The number of hydrogen-bond acceptors (Lipinski definition) is 6. The zero-order chi connectivity index (χ0) is 11.2. The smallest absolute Gasteiger partial charge is 0.145 e. The second-order valence-electron chi connectivity index (χ2n) is 3.15. The highest BCUT2D eigenvalue weighted by molar-refractivity contribution is 5.45. The molecule has 0 atom stereocenters. The molecule has 0 aliphatic rings. The van der Waals surface area contributed by atoms with Gasteiger partial charge in [-0.25, -0.2) is 15.8 Å². The molecule has 0 spiro atoms. The van der Waals surface area contributed by atoms with Gasteiger partial charge in [-0.15, -0.1) is 0 Å². The zero-order valence-corrected chi connectivity index (χ0v) is 8.59. The molecule has 2 aromatic rings.